The van der Waals surface area contributed by atoms with Crippen LogP contribution in [0.3, 0.4) is 0 Å². The summed E-state index contributed by atoms with van der Waals surface area (Å²) in [4.78, 5) is 35.6. The molecule has 15 nitrogen and oxygen atoms in total. The summed E-state index contributed by atoms with van der Waals surface area (Å²) >= 11 is 12.1. The van der Waals surface area contributed by atoms with Gasteiger partial charge >= 0.3 is 11.9 Å². The number of carbonyl (C=O) groups is 2. The minimum atomic E-state index is -0.691. The van der Waals surface area contributed by atoms with Crippen LogP contribution in [-0.4, -0.2) is 65.0 Å². The summed E-state index contributed by atoms with van der Waals surface area (Å²) in [6, 6.07) is 21.1. The molecule has 0 spiro atoms. The molecule has 0 amide bonds. The second-order valence-corrected chi connectivity index (χ2v) is 19.7. The van der Waals surface area contributed by atoms with E-state index >= 15 is 0 Å². The quantitative estimate of drug-likeness (QED) is 0.0219. The number of anilines is 2. The molecule has 0 atom stereocenters. The third-order valence-corrected chi connectivity index (χ3v) is 15.1. The Balaban J connectivity index is 0.963. The van der Waals surface area contributed by atoms with Crippen LogP contribution in [0.15, 0.2) is 89.6 Å². The maximum Gasteiger partial charge on any atom is 0.344 e. The van der Waals surface area contributed by atoms with Crippen LogP contribution in [0, 0.1) is 5.92 Å². The normalized spacial score (nSPS) is 15.3. The Kier molecular flexibility index (Phi) is 13.6. The molecule has 1 aliphatic carbocycles. The number of carbonyl (C=O) groups excluding carboxylic acids is 2. The van der Waals surface area contributed by atoms with Gasteiger partial charge in [0.1, 0.15) is 44.6 Å². The minimum Gasteiger partial charge on any atom is -0.493 e. The molecule has 344 valence electrons. The monoisotopic (exact) mass is 1000 g/mol. The van der Waals surface area contributed by atoms with Gasteiger partial charge in [-0.3, -0.25) is 10.9 Å². The van der Waals surface area contributed by atoms with Gasteiger partial charge in [0, 0.05) is 29.0 Å². The fourth-order valence-corrected chi connectivity index (χ4v) is 11.4. The number of fused-ring (bicyclic) bond motifs is 7. The molecule has 1 fully saturated rings. The van der Waals surface area contributed by atoms with Gasteiger partial charge in [-0.15, -0.1) is 0 Å². The third kappa shape index (κ3) is 9.75. The van der Waals surface area contributed by atoms with E-state index in [1.165, 1.54) is 79.2 Å². The lowest BCUT2D eigenvalue weighted by Gasteiger charge is -2.28. The third-order valence-electron chi connectivity index (χ3n) is 11.8. The molecular weight excluding hydrogens is 960 g/mol. The predicted molar refractivity (Wildman–Crippen MR) is 275 cm³/mol. The number of esters is 2. The molecule has 10 rings (SSSR count). The molecular formula is C48H41ClN10O5S4. The van der Waals surface area contributed by atoms with Crippen molar-refractivity contribution < 1.29 is 23.8 Å². The first kappa shape index (κ1) is 45.3. The number of benzene rings is 5. The lowest BCUT2D eigenvalue weighted by molar-refractivity contribution is -0.137. The number of nitrogens with zero attached hydrogens (tertiary/aromatic N) is 8. The van der Waals surface area contributed by atoms with Crippen LogP contribution in [0.25, 0.3) is 53.3 Å². The molecule has 5 aromatic carbocycles. The zero-order valence-corrected chi connectivity index (χ0v) is 40.5. The van der Waals surface area contributed by atoms with Crippen molar-refractivity contribution in [3.63, 3.8) is 0 Å². The van der Waals surface area contributed by atoms with Gasteiger partial charge in [-0.1, -0.05) is 84.9 Å². The number of thiazole rings is 2. The van der Waals surface area contributed by atoms with E-state index in [4.69, 9.17) is 35.8 Å². The average Bonchev–Trinajstić information content (AvgIpc) is 4.19. The fraction of sp³-hybridized carbons (Fsp3) is 0.250. The second kappa shape index (κ2) is 20.4. The standard InChI is InChI=1S/C48H41ClN10O5S4/c1-3-6-26-7-9-27(10-8-26)28-11-13-32-29(21-28)12-16-36(41(32)49)64-46(61)33-22-31(25-51-55-48-53-45-39(66-48)18-15-35-43(45)59-68-57-35)37(62-19-5-20-63-40(60)4-2)23-30(33)24-50-54-47-52-44-38(65-47)17-14-34-42(44)58-67-56-34/h4,11-18,21-27H,2-3,5-10,19-20H2,1H3,(H,52,54)(H,53,55)/b50-24+,51-25+. The predicted octanol–water partition coefficient (Wildman–Crippen LogP) is 12.4. The van der Waals surface area contributed by atoms with E-state index < -0.39 is 11.9 Å². The molecule has 0 aliphatic heterocycles. The summed E-state index contributed by atoms with van der Waals surface area (Å²) in [5.74, 6) is 0.686. The van der Waals surface area contributed by atoms with E-state index in [0.717, 1.165) is 77.7 Å². The van der Waals surface area contributed by atoms with Crippen LogP contribution in [0.2, 0.25) is 5.02 Å². The van der Waals surface area contributed by atoms with Crippen LogP contribution in [0.1, 0.15) is 84.8 Å². The van der Waals surface area contributed by atoms with Crippen LogP contribution in [-0.2, 0) is 9.53 Å². The second-order valence-electron chi connectivity index (χ2n) is 16.2. The first-order valence-electron chi connectivity index (χ1n) is 22.0. The summed E-state index contributed by atoms with van der Waals surface area (Å²) in [7, 11) is 0. The van der Waals surface area contributed by atoms with Gasteiger partial charge in [0.2, 0.25) is 10.3 Å². The summed E-state index contributed by atoms with van der Waals surface area (Å²) < 4.78 is 36.9. The zero-order valence-electron chi connectivity index (χ0n) is 36.4. The molecule has 4 heterocycles. The van der Waals surface area contributed by atoms with Gasteiger partial charge in [0.05, 0.1) is 69.1 Å². The number of hydrogen-bond donors (Lipinski definition) is 2. The van der Waals surface area contributed by atoms with Gasteiger partial charge in [0.25, 0.3) is 0 Å². The Hall–Kier alpha value is -6.51. The van der Waals surface area contributed by atoms with E-state index in [-0.39, 0.29) is 24.5 Å². The van der Waals surface area contributed by atoms with Gasteiger partial charge in [-0.2, -0.15) is 27.7 Å². The molecule has 9 aromatic rings. The molecule has 68 heavy (non-hydrogen) atoms. The number of aromatic nitrogens is 6. The number of halogens is 1. The van der Waals surface area contributed by atoms with Gasteiger partial charge in [-0.05, 0) is 90.9 Å². The van der Waals surface area contributed by atoms with Crippen molar-refractivity contribution in [3.05, 3.63) is 107 Å². The van der Waals surface area contributed by atoms with Crippen molar-refractivity contribution in [1.82, 2.24) is 27.5 Å². The Morgan fingerprint density at radius 2 is 1.46 bits per heavy atom. The molecule has 0 saturated heterocycles. The molecule has 0 unspecified atom stereocenters. The number of hydrazone groups is 2. The Bertz CT molecular complexity index is 3410. The highest BCUT2D eigenvalue weighted by Crippen LogP contribution is 2.41. The summed E-state index contributed by atoms with van der Waals surface area (Å²) in [6.45, 7) is 5.98. The van der Waals surface area contributed by atoms with Crippen molar-refractivity contribution in [2.24, 2.45) is 16.1 Å². The zero-order chi connectivity index (χ0) is 46.6. The van der Waals surface area contributed by atoms with Crippen LogP contribution in [0.4, 0.5) is 10.3 Å². The number of nitrogens with one attached hydrogen (secondary N) is 2. The van der Waals surface area contributed by atoms with Crippen molar-refractivity contribution in [2.75, 3.05) is 24.1 Å². The molecule has 0 bridgehead atoms. The molecule has 4 aromatic heterocycles. The molecule has 2 N–H and O–H groups in total. The summed E-state index contributed by atoms with van der Waals surface area (Å²) in [6.07, 6.45) is 11.9. The van der Waals surface area contributed by atoms with E-state index in [9.17, 15) is 9.59 Å². The lowest BCUT2D eigenvalue weighted by Crippen LogP contribution is -2.14. The maximum atomic E-state index is 14.5. The Labute approximate surface area is 410 Å². The summed E-state index contributed by atoms with van der Waals surface area (Å²) in [5.41, 5.74) is 12.7. The summed E-state index contributed by atoms with van der Waals surface area (Å²) in [5, 5.41) is 12.2. The van der Waals surface area contributed by atoms with Crippen LogP contribution >= 0.6 is 57.7 Å². The first-order valence-corrected chi connectivity index (χ1v) is 25.4. The number of ether oxygens (including phenoxy) is 3. The molecule has 20 heteroatoms. The fourth-order valence-electron chi connectivity index (χ4n) is 8.45. The van der Waals surface area contributed by atoms with Crippen LogP contribution < -0.4 is 20.3 Å². The van der Waals surface area contributed by atoms with Crippen molar-refractivity contribution in [1.29, 1.82) is 0 Å². The lowest BCUT2D eigenvalue weighted by atomic mass is 9.77. The van der Waals surface area contributed by atoms with E-state index in [1.54, 1.807) is 18.2 Å². The highest BCUT2D eigenvalue weighted by molar-refractivity contribution is 7.22. The van der Waals surface area contributed by atoms with Gasteiger partial charge < -0.3 is 14.2 Å². The largest absolute Gasteiger partial charge is 0.493 e. The van der Waals surface area contributed by atoms with Gasteiger partial charge in [-0.25, -0.2) is 19.6 Å². The van der Waals surface area contributed by atoms with E-state index in [0.29, 0.717) is 55.5 Å². The average molecular weight is 1000 g/mol. The van der Waals surface area contributed by atoms with E-state index in [2.05, 4.69) is 64.2 Å². The SMILES string of the molecule is C=CC(=O)OCCCOc1cc(/C=N/Nc2nc3c(ccc4nsnc43)s2)c(C(=O)Oc2ccc3cc(C4CCC(CCC)CC4)ccc3c2Cl)cc1/C=N/Nc1nc2c(ccc3nsnc32)s1. The Morgan fingerprint density at radius 1 is 0.779 bits per heavy atom. The number of rotatable bonds is 17. The minimum absolute atomic E-state index is 0.108. The number of hydrogen-bond acceptors (Lipinski definition) is 19. The highest BCUT2D eigenvalue weighted by Gasteiger charge is 2.24. The van der Waals surface area contributed by atoms with E-state index in [1.807, 2.05) is 36.4 Å². The topological polar surface area (TPSA) is 188 Å². The van der Waals surface area contributed by atoms with Crippen LogP contribution in [0.5, 0.6) is 11.5 Å². The van der Waals surface area contributed by atoms with Crippen molar-refractivity contribution in [3.8, 4) is 11.5 Å². The molecule has 0 radical (unpaired) electrons. The van der Waals surface area contributed by atoms with Crippen molar-refractivity contribution >= 4 is 146 Å². The first-order chi connectivity index (χ1) is 33.3. The smallest absolute Gasteiger partial charge is 0.344 e. The maximum absolute atomic E-state index is 14.5. The molecule has 1 saturated carbocycles. The highest BCUT2D eigenvalue weighted by atomic mass is 35.5. The molecule has 1 aliphatic rings. The Morgan fingerprint density at radius 3 is 2.12 bits per heavy atom. The van der Waals surface area contributed by atoms with Crippen molar-refractivity contribution in [2.45, 2.75) is 57.8 Å². The van der Waals surface area contributed by atoms with Gasteiger partial charge in [0.15, 0.2) is 0 Å².